The lowest BCUT2D eigenvalue weighted by molar-refractivity contribution is -0.141. The van der Waals surface area contributed by atoms with Crippen molar-refractivity contribution >= 4 is 67.2 Å². The van der Waals surface area contributed by atoms with Crippen molar-refractivity contribution in [1.29, 1.82) is 0 Å². The number of pyridine rings is 1. The fourth-order valence-electron chi connectivity index (χ4n) is 9.32. The van der Waals surface area contributed by atoms with E-state index in [2.05, 4.69) is 33.2 Å². The first-order chi connectivity index (χ1) is 33.2. The van der Waals surface area contributed by atoms with E-state index in [1.165, 1.54) is 20.5 Å². The van der Waals surface area contributed by atoms with E-state index >= 15 is 4.79 Å². The average Bonchev–Trinajstić information content (AvgIpc) is 3.58. The summed E-state index contributed by atoms with van der Waals surface area (Å²) in [5, 5.41) is 18.1. The van der Waals surface area contributed by atoms with E-state index in [-0.39, 0.29) is 62.9 Å². The van der Waals surface area contributed by atoms with Crippen LogP contribution in [0.1, 0.15) is 93.4 Å². The van der Waals surface area contributed by atoms with Crippen molar-refractivity contribution in [3.63, 3.8) is 0 Å². The van der Waals surface area contributed by atoms with Gasteiger partial charge in [-0.1, -0.05) is 51.8 Å². The molecule has 0 spiro atoms. The number of nitrogens with zero attached hydrogens (tertiary/aromatic N) is 5. The van der Waals surface area contributed by atoms with Crippen molar-refractivity contribution in [1.82, 2.24) is 44.7 Å². The van der Waals surface area contributed by atoms with Crippen LogP contribution < -0.4 is 36.1 Å². The van der Waals surface area contributed by atoms with Gasteiger partial charge < -0.3 is 41.0 Å². The number of urea groups is 1. The number of fused-ring (bicyclic) bond motifs is 3. The van der Waals surface area contributed by atoms with Crippen LogP contribution in [-0.4, -0.2) is 137 Å². The summed E-state index contributed by atoms with van der Waals surface area (Å²) in [6.45, 7) is 16.6. The molecule has 2 aromatic heterocycles. The molecule has 0 radical (unpaired) electrons. The Labute approximate surface area is 414 Å². The lowest BCUT2D eigenvalue weighted by Gasteiger charge is -2.34. The first kappa shape index (κ1) is 52.0. The maximum Gasteiger partial charge on any atom is 0.316 e. The molecule has 380 valence electrons. The number of hydrogen-bond donors (Lipinski definition) is 5. The summed E-state index contributed by atoms with van der Waals surface area (Å²) in [5.74, 6) is -1.52. The summed E-state index contributed by atoms with van der Waals surface area (Å²) in [6, 6.07) is 2.54. The Morgan fingerprint density at radius 1 is 1.06 bits per heavy atom. The van der Waals surface area contributed by atoms with E-state index in [1.54, 1.807) is 66.0 Å². The first-order valence-corrected chi connectivity index (χ1v) is 26.4. The number of carbonyl (C=O) groups is 5. The molecule has 1 aliphatic carbocycles. The zero-order valence-electron chi connectivity index (χ0n) is 41.4. The molecule has 6 amide bonds. The molecule has 6 atom stereocenters. The van der Waals surface area contributed by atoms with Gasteiger partial charge in [-0.25, -0.2) is 19.1 Å². The van der Waals surface area contributed by atoms with Gasteiger partial charge in [0.1, 0.15) is 47.0 Å². The molecular weight excluding hydrogens is 937 g/mol. The van der Waals surface area contributed by atoms with E-state index in [0.29, 0.717) is 59.5 Å². The molecule has 4 aliphatic rings. The Bertz CT molecular complexity index is 2610. The molecule has 1 aromatic carbocycles. The first-order valence-electron chi connectivity index (χ1n) is 24.1. The van der Waals surface area contributed by atoms with Crippen LogP contribution in [0.4, 0.5) is 9.93 Å². The minimum atomic E-state index is -4.14. The number of benzene rings is 1. The highest BCUT2D eigenvalue weighted by Gasteiger charge is 2.61. The highest BCUT2D eigenvalue weighted by molar-refractivity contribution is 7.87. The number of aromatic nitrogens is 2. The molecule has 0 bridgehead atoms. The second-order valence-electron chi connectivity index (χ2n) is 20.1. The molecule has 19 nitrogen and oxygen atoms in total. The molecule has 5 heterocycles. The SMILES string of the molecule is C=CCNC(=O)[C@@]12CC1/C=C\CCCCC[C@H](NC(=O)N[C@H](C(=O)N1CCN(C(C)C)S1(=O)=O)C(C)(C)C)C(=O)N1C[C@H](Oc3cc(-c4csc(NC(C)C)n4)nc4cc(OC)ccc34)C[C@H]1C(=O)N2. The molecule has 70 heavy (non-hydrogen) atoms. The third kappa shape index (κ3) is 11.4. The second-order valence-corrected chi connectivity index (χ2v) is 22.8. The number of methoxy groups -OCH3 is 1. The summed E-state index contributed by atoms with van der Waals surface area (Å²) < 4.78 is 41.4. The number of thiazole rings is 1. The highest BCUT2D eigenvalue weighted by Crippen LogP contribution is 2.46. The number of amides is 6. The Balaban J connectivity index is 1.21. The molecule has 21 heteroatoms. The average molecular weight is 1010 g/mol. The molecule has 2 saturated heterocycles. The minimum Gasteiger partial charge on any atom is -0.497 e. The normalized spacial score (nSPS) is 24.9. The third-order valence-corrected chi connectivity index (χ3v) is 16.0. The monoisotopic (exact) mass is 1000 g/mol. The third-order valence-electron chi connectivity index (χ3n) is 13.1. The lowest BCUT2D eigenvalue weighted by Crippen LogP contribution is -2.61. The van der Waals surface area contributed by atoms with Crippen molar-refractivity contribution in [3.05, 3.63) is 54.5 Å². The van der Waals surface area contributed by atoms with Gasteiger partial charge in [-0.05, 0) is 70.9 Å². The molecule has 1 unspecified atom stereocenters. The topological polar surface area (TPSA) is 234 Å². The van der Waals surface area contributed by atoms with Crippen molar-refractivity contribution in [3.8, 4) is 22.9 Å². The van der Waals surface area contributed by atoms with Crippen LogP contribution in [0.3, 0.4) is 0 Å². The Hall–Kier alpha value is -5.80. The molecule has 5 N–H and O–H groups in total. The minimum absolute atomic E-state index is 0.0358. The van der Waals surface area contributed by atoms with Crippen LogP contribution in [0.5, 0.6) is 11.5 Å². The van der Waals surface area contributed by atoms with Gasteiger partial charge in [0.2, 0.25) is 17.7 Å². The van der Waals surface area contributed by atoms with Gasteiger partial charge >= 0.3 is 16.2 Å². The standard InChI is InChI=1S/C49H68N10O9S2/c1-10-20-50-45(63)49-26-31(49)16-14-12-11-13-15-17-35(53-46(64)55-41(48(6,7)8)44(62)59-22-21-58(30(4)5)70(59,65)66)43(61)57-27-33(24-39(57)42(60)56-49)68-40-25-37(38-28-69-47(54-38)51-29(2)3)52-36-23-32(67-9)18-19-34(36)40/h10,14,16,18-19,23,25,28-31,33,35,39,41H,1,11-13,15,17,20-22,24,26-27H2,2-9H3,(H,50,63)(H,51,54)(H,56,60)(H2,53,55,64)/b16-14-/t31?,33-,35+,39+,41-,49-/m1/s1. The van der Waals surface area contributed by atoms with Crippen LogP contribution in [0, 0.1) is 11.3 Å². The highest BCUT2D eigenvalue weighted by atomic mass is 32.2. The molecule has 7 rings (SSSR count). The zero-order valence-corrected chi connectivity index (χ0v) is 43.0. The maximum atomic E-state index is 15.2. The summed E-state index contributed by atoms with van der Waals surface area (Å²) >= 11 is 1.45. The number of nitrogens with one attached hydrogen (secondary N) is 5. The zero-order chi connectivity index (χ0) is 50.7. The van der Waals surface area contributed by atoms with E-state index in [9.17, 15) is 27.6 Å². The fourth-order valence-corrected chi connectivity index (χ4v) is 11.9. The van der Waals surface area contributed by atoms with E-state index in [0.717, 1.165) is 15.9 Å². The number of rotatable bonds is 13. The van der Waals surface area contributed by atoms with E-state index < -0.39 is 69.1 Å². The largest absolute Gasteiger partial charge is 0.497 e. The van der Waals surface area contributed by atoms with Gasteiger partial charge in [-0.15, -0.1) is 17.9 Å². The van der Waals surface area contributed by atoms with Gasteiger partial charge in [-0.3, -0.25) is 19.2 Å². The predicted octanol–water partition coefficient (Wildman–Crippen LogP) is 5.11. The van der Waals surface area contributed by atoms with Crippen LogP contribution in [0.15, 0.2) is 54.5 Å². The lowest BCUT2D eigenvalue weighted by atomic mass is 9.86. The van der Waals surface area contributed by atoms with Gasteiger partial charge in [0.05, 0.1) is 31.4 Å². The maximum absolute atomic E-state index is 15.2. The predicted molar refractivity (Wildman–Crippen MR) is 268 cm³/mol. The molecule has 3 aromatic rings. The van der Waals surface area contributed by atoms with Gasteiger partial charge in [0.15, 0.2) is 5.13 Å². The van der Waals surface area contributed by atoms with Crippen molar-refractivity contribution in [2.45, 2.75) is 135 Å². The summed E-state index contributed by atoms with van der Waals surface area (Å²) in [6.07, 6.45) is 8.10. The Kier molecular flexibility index (Phi) is 15.8. The molecular formula is C49H68N10O9S2. The van der Waals surface area contributed by atoms with Crippen molar-refractivity contribution < 1.29 is 41.9 Å². The van der Waals surface area contributed by atoms with Crippen LogP contribution in [0.25, 0.3) is 22.3 Å². The van der Waals surface area contributed by atoms with Crippen LogP contribution in [0.2, 0.25) is 0 Å². The molecule has 1 saturated carbocycles. The molecule has 3 aliphatic heterocycles. The number of carbonyl (C=O) groups excluding carboxylic acids is 5. The number of ether oxygens (including phenoxy) is 2. The van der Waals surface area contributed by atoms with Gasteiger partial charge in [-0.2, -0.15) is 12.7 Å². The van der Waals surface area contributed by atoms with E-state index in [1.807, 2.05) is 37.4 Å². The summed E-state index contributed by atoms with van der Waals surface area (Å²) in [4.78, 5) is 83.1. The van der Waals surface area contributed by atoms with Crippen molar-refractivity contribution in [2.75, 3.05) is 38.6 Å². The Morgan fingerprint density at radius 2 is 1.83 bits per heavy atom. The fraction of sp³-hybridized carbons (Fsp3) is 0.571. The number of hydrogen-bond acceptors (Lipinski definition) is 13. The smallest absolute Gasteiger partial charge is 0.316 e. The number of anilines is 1. The van der Waals surface area contributed by atoms with Gasteiger partial charge in [0, 0.05) is 60.4 Å². The Morgan fingerprint density at radius 3 is 2.51 bits per heavy atom. The van der Waals surface area contributed by atoms with Crippen molar-refractivity contribution in [2.24, 2.45) is 11.3 Å². The number of allylic oxidation sites excluding steroid dienone is 1. The van der Waals surface area contributed by atoms with Gasteiger partial charge in [0.25, 0.3) is 5.91 Å². The summed E-state index contributed by atoms with van der Waals surface area (Å²) in [5.41, 5.74) is -0.473. The second kappa shape index (κ2) is 21.3. The van der Waals surface area contributed by atoms with Crippen LogP contribution >= 0.6 is 11.3 Å². The molecule has 3 fully saturated rings. The quantitative estimate of drug-likeness (QED) is 0.141. The summed E-state index contributed by atoms with van der Waals surface area (Å²) in [7, 11) is -2.58. The van der Waals surface area contributed by atoms with Crippen LogP contribution in [-0.2, 0) is 29.4 Å². The van der Waals surface area contributed by atoms with E-state index in [4.69, 9.17) is 19.4 Å².